The molecule has 1 aliphatic heterocycles. The van der Waals surface area contributed by atoms with Crippen LogP contribution in [0.2, 0.25) is 0 Å². The van der Waals surface area contributed by atoms with Crippen molar-refractivity contribution in [2.45, 2.75) is 32.9 Å². The van der Waals surface area contributed by atoms with E-state index in [2.05, 4.69) is 18.3 Å². The predicted octanol–water partition coefficient (Wildman–Crippen LogP) is 1.73. The Kier molecular flexibility index (Phi) is 2.00. The highest BCUT2D eigenvalue weighted by Crippen LogP contribution is 2.28. The average Bonchev–Trinajstić information content (AvgIpc) is 2.12. The maximum Gasteiger partial charge on any atom is 0.123 e. The van der Waals surface area contributed by atoms with E-state index in [0.29, 0.717) is 11.8 Å². The van der Waals surface area contributed by atoms with E-state index < -0.39 is 0 Å². The van der Waals surface area contributed by atoms with E-state index in [1.54, 1.807) is 0 Å². The fourth-order valence-electron chi connectivity index (χ4n) is 1.86. The molecule has 1 aliphatic rings. The van der Waals surface area contributed by atoms with E-state index in [-0.39, 0.29) is 0 Å². The van der Waals surface area contributed by atoms with Gasteiger partial charge in [-0.25, -0.2) is 0 Å². The van der Waals surface area contributed by atoms with Gasteiger partial charge in [-0.2, -0.15) is 0 Å². The van der Waals surface area contributed by atoms with Crippen LogP contribution in [0.25, 0.3) is 0 Å². The zero-order chi connectivity index (χ0) is 9.42. The minimum Gasteiger partial charge on any atom is -0.507 e. The van der Waals surface area contributed by atoms with Crippen LogP contribution in [0.3, 0.4) is 0 Å². The SMILES string of the molecule is Cc1ccc2c(c1O)CNC(C)C2. The van der Waals surface area contributed by atoms with Gasteiger partial charge in [0.05, 0.1) is 0 Å². The molecule has 0 saturated carbocycles. The molecule has 1 unspecified atom stereocenters. The molecule has 0 aliphatic carbocycles. The van der Waals surface area contributed by atoms with E-state index in [4.69, 9.17) is 0 Å². The first-order chi connectivity index (χ1) is 6.18. The van der Waals surface area contributed by atoms with Gasteiger partial charge in [-0.1, -0.05) is 12.1 Å². The summed E-state index contributed by atoms with van der Waals surface area (Å²) in [6.45, 7) is 4.90. The van der Waals surface area contributed by atoms with Gasteiger partial charge in [0, 0.05) is 18.2 Å². The molecule has 1 heterocycles. The Morgan fingerprint density at radius 3 is 3.00 bits per heavy atom. The highest BCUT2D eigenvalue weighted by atomic mass is 16.3. The van der Waals surface area contributed by atoms with Gasteiger partial charge < -0.3 is 10.4 Å². The van der Waals surface area contributed by atoms with Crippen LogP contribution in [0.5, 0.6) is 5.75 Å². The quantitative estimate of drug-likeness (QED) is 0.632. The maximum absolute atomic E-state index is 9.79. The summed E-state index contributed by atoms with van der Waals surface area (Å²) in [5.41, 5.74) is 3.34. The molecule has 2 N–H and O–H groups in total. The molecular weight excluding hydrogens is 162 g/mol. The van der Waals surface area contributed by atoms with E-state index >= 15 is 0 Å². The van der Waals surface area contributed by atoms with E-state index in [1.807, 2.05) is 13.0 Å². The lowest BCUT2D eigenvalue weighted by atomic mass is 9.94. The molecule has 70 valence electrons. The molecule has 0 radical (unpaired) electrons. The van der Waals surface area contributed by atoms with Gasteiger partial charge in [-0.05, 0) is 31.4 Å². The molecule has 0 aromatic heterocycles. The van der Waals surface area contributed by atoms with Crippen LogP contribution in [0.15, 0.2) is 12.1 Å². The second kappa shape index (κ2) is 3.04. The van der Waals surface area contributed by atoms with Gasteiger partial charge >= 0.3 is 0 Å². The van der Waals surface area contributed by atoms with Crippen LogP contribution in [-0.4, -0.2) is 11.1 Å². The Balaban J connectivity index is 2.47. The summed E-state index contributed by atoms with van der Waals surface area (Å²) in [7, 11) is 0. The first-order valence-electron chi connectivity index (χ1n) is 4.72. The largest absolute Gasteiger partial charge is 0.507 e. The molecule has 0 saturated heterocycles. The number of rotatable bonds is 0. The van der Waals surface area contributed by atoms with Gasteiger partial charge in [0.1, 0.15) is 5.75 Å². The molecule has 0 spiro atoms. The average molecular weight is 177 g/mol. The van der Waals surface area contributed by atoms with Gasteiger partial charge in [0.25, 0.3) is 0 Å². The Morgan fingerprint density at radius 1 is 1.46 bits per heavy atom. The Labute approximate surface area is 78.6 Å². The minimum absolute atomic E-state index is 0.469. The standard InChI is InChI=1S/C11H15NO/c1-7-3-4-9-5-8(2)12-6-10(9)11(7)13/h3-4,8,12-13H,5-6H2,1-2H3. The molecule has 0 amide bonds. The number of aromatic hydroxyl groups is 1. The highest BCUT2D eigenvalue weighted by molar-refractivity contribution is 5.46. The smallest absolute Gasteiger partial charge is 0.123 e. The molecule has 1 atom stereocenters. The summed E-state index contributed by atoms with van der Waals surface area (Å²) in [6, 6.07) is 4.64. The molecule has 0 fully saturated rings. The van der Waals surface area contributed by atoms with Crippen molar-refractivity contribution in [3.8, 4) is 5.75 Å². The molecule has 0 bridgehead atoms. The van der Waals surface area contributed by atoms with Gasteiger partial charge in [0.15, 0.2) is 0 Å². The first kappa shape index (κ1) is 8.57. The van der Waals surface area contributed by atoms with Gasteiger partial charge in [-0.15, -0.1) is 0 Å². The van der Waals surface area contributed by atoms with E-state index in [0.717, 1.165) is 24.1 Å². The van der Waals surface area contributed by atoms with Crippen molar-refractivity contribution in [3.05, 3.63) is 28.8 Å². The molecule has 13 heavy (non-hydrogen) atoms. The number of fused-ring (bicyclic) bond motifs is 1. The summed E-state index contributed by atoms with van der Waals surface area (Å²) in [6.07, 6.45) is 1.02. The predicted molar refractivity (Wildman–Crippen MR) is 52.8 cm³/mol. The lowest BCUT2D eigenvalue weighted by Crippen LogP contribution is -2.32. The fourth-order valence-corrected chi connectivity index (χ4v) is 1.86. The first-order valence-corrected chi connectivity index (χ1v) is 4.72. The number of nitrogens with one attached hydrogen (secondary N) is 1. The summed E-state index contributed by atoms with van der Waals surface area (Å²) < 4.78 is 0. The third-order valence-corrected chi connectivity index (χ3v) is 2.73. The zero-order valence-electron chi connectivity index (χ0n) is 8.09. The van der Waals surface area contributed by atoms with E-state index in [1.165, 1.54) is 5.56 Å². The Bertz CT molecular complexity index is 333. The van der Waals surface area contributed by atoms with Crippen molar-refractivity contribution >= 4 is 0 Å². The summed E-state index contributed by atoms with van der Waals surface area (Å²) in [4.78, 5) is 0. The van der Waals surface area contributed by atoms with Crippen molar-refractivity contribution in [1.29, 1.82) is 0 Å². The summed E-state index contributed by atoms with van der Waals surface area (Å²) >= 11 is 0. The zero-order valence-corrected chi connectivity index (χ0v) is 8.09. The van der Waals surface area contributed by atoms with Crippen molar-refractivity contribution in [1.82, 2.24) is 5.32 Å². The lowest BCUT2D eigenvalue weighted by molar-refractivity contribution is 0.441. The third kappa shape index (κ3) is 1.42. The number of hydrogen-bond acceptors (Lipinski definition) is 2. The van der Waals surface area contributed by atoms with Crippen LogP contribution < -0.4 is 5.32 Å². The normalized spacial score (nSPS) is 21.2. The topological polar surface area (TPSA) is 32.3 Å². The lowest BCUT2D eigenvalue weighted by Gasteiger charge is -2.24. The maximum atomic E-state index is 9.79. The molecule has 1 aromatic rings. The molecule has 2 nitrogen and oxygen atoms in total. The van der Waals surface area contributed by atoms with Crippen LogP contribution in [-0.2, 0) is 13.0 Å². The number of benzene rings is 1. The highest BCUT2D eigenvalue weighted by Gasteiger charge is 2.17. The number of hydrogen-bond donors (Lipinski definition) is 2. The monoisotopic (exact) mass is 177 g/mol. The number of aryl methyl sites for hydroxylation is 1. The van der Waals surface area contributed by atoms with Gasteiger partial charge in [0.2, 0.25) is 0 Å². The number of phenolic OH excluding ortho intramolecular Hbond substituents is 1. The van der Waals surface area contributed by atoms with Crippen molar-refractivity contribution in [2.24, 2.45) is 0 Å². The fraction of sp³-hybridized carbons (Fsp3) is 0.455. The molecule has 2 heteroatoms. The molecule has 1 aromatic carbocycles. The van der Waals surface area contributed by atoms with Crippen LogP contribution in [0.1, 0.15) is 23.6 Å². The van der Waals surface area contributed by atoms with Crippen LogP contribution >= 0.6 is 0 Å². The minimum atomic E-state index is 0.469. The van der Waals surface area contributed by atoms with Crippen molar-refractivity contribution in [2.75, 3.05) is 0 Å². The van der Waals surface area contributed by atoms with Crippen LogP contribution in [0.4, 0.5) is 0 Å². The van der Waals surface area contributed by atoms with Gasteiger partial charge in [-0.3, -0.25) is 0 Å². The summed E-state index contributed by atoms with van der Waals surface area (Å²) in [5.74, 6) is 0.469. The third-order valence-electron chi connectivity index (χ3n) is 2.73. The van der Waals surface area contributed by atoms with E-state index in [9.17, 15) is 5.11 Å². The molecule has 2 rings (SSSR count). The Hall–Kier alpha value is -1.02. The second-order valence-electron chi connectivity index (χ2n) is 3.85. The van der Waals surface area contributed by atoms with Crippen molar-refractivity contribution < 1.29 is 5.11 Å². The van der Waals surface area contributed by atoms with Crippen molar-refractivity contribution in [3.63, 3.8) is 0 Å². The second-order valence-corrected chi connectivity index (χ2v) is 3.85. The summed E-state index contributed by atoms with van der Waals surface area (Å²) in [5, 5.41) is 13.1. The Morgan fingerprint density at radius 2 is 2.23 bits per heavy atom. The van der Waals surface area contributed by atoms with Crippen LogP contribution in [0, 0.1) is 6.92 Å². The number of phenols is 1. The molecular formula is C11H15NO.